The number of aldehydes is 1. The molecule has 0 rings (SSSR count). The molecule has 0 aromatic rings. The van der Waals surface area contributed by atoms with Crippen LogP contribution in [0.25, 0.3) is 0 Å². The molecule has 0 aliphatic carbocycles. The zero-order valence-electron chi connectivity index (χ0n) is 10.00. The fourth-order valence-corrected chi connectivity index (χ4v) is 1.51. The van der Waals surface area contributed by atoms with Gasteiger partial charge in [0.15, 0.2) is 0 Å². The Hall–Kier alpha value is -0.860. The van der Waals surface area contributed by atoms with Crippen LogP contribution in [0.2, 0.25) is 0 Å². The van der Waals surface area contributed by atoms with E-state index in [0.29, 0.717) is 6.29 Å². The van der Waals surface area contributed by atoms with Crippen LogP contribution < -0.4 is 0 Å². The molecule has 15 heavy (non-hydrogen) atoms. The van der Waals surface area contributed by atoms with Gasteiger partial charge in [-0.3, -0.25) is 9.59 Å². The molecule has 1 amide bonds. The van der Waals surface area contributed by atoms with Crippen molar-refractivity contribution < 1.29 is 9.59 Å². The lowest BCUT2D eigenvalue weighted by Crippen LogP contribution is -2.33. The number of hydrogen-bond acceptors (Lipinski definition) is 2. The molecule has 0 bridgehead atoms. The van der Waals surface area contributed by atoms with Crippen molar-refractivity contribution in [2.45, 2.75) is 52.4 Å². The molecular formula is C12H23NO2. The van der Waals surface area contributed by atoms with Gasteiger partial charge in [-0.1, -0.05) is 39.5 Å². The van der Waals surface area contributed by atoms with E-state index in [0.717, 1.165) is 51.6 Å². The van der Waals surface area contributed by atoms with Gasteiger partial charge in [-0.25, -0.2) is 0 Å². The van der Waals surface area contributed by atoms with Crippen LogP contribution in [0.15, 0.2) is 0 Å². The van der Waals surface area contributed by atoms with Crippen LogP contribution >= 0.6 is 0 Å². The Morgan fingerprint density at radius 2 is 1.47 bits per heavy atom. The van der Waals surface area contributed by atoms with Gasteiger partial charge in [-0.15, -0.1) is 0 Å². The number of carbonyl (C=O) groups is 2. The first-order valence-corrected chi connectivity index (χ1v) is 6.00. The highest BCUT2D eigenvalue weighted by Gasteiger charge is 2.10. The van der Waals surface area contributed by atoms with Gasteiger partial charge < -0.3 is 4.90 Å². The average Bonchev–Trinajstić information content (AvgIpc) is 2.26. The minimum absolute atomic E-state index is 0.359. The second-order valence-electron chi connectivity index (χ2n) is 3.86. The van der Waals surface area contributed by atoms with Crippen LogP contribution in [0.3, 0.4) is 0 Å². The fraction of sp³-hybridized carbons (Fsp3) is 0.833. The summed E-state index contributed by atoms with van der Waals surface area (Å²) < 4.78 is 0. The van der Waals surface area contributed by atoms with Gasteiger partial charge >= 0.3 is 0 Å². The summed E-state index contributed by atoms with van der Waals surface area (Å²) >= 11 is 0. The van der Waals surface area contributed by atoms with Gasteiger partial charge in [0.2, 0.25) is 6.29 Å². The van der Waals surface area contributed by atoms with E-state index in [-0.39, 0.29) is 5.91 Å². The summed E-state index contributed by atoms with van der Waals surface area (Å²) in [7, 11) is 0. The van der Waals surface area contributed by atoms with Crippen LogP contribution in [0.5, 0.6) is 0 Å². The van der Waals surface area contributed by atoms with E-state index in [1.165, 1.54) is 0 Å². The minimum atomic E-state index is -0.359. The van der Waals surface area contributed by atoms with Gasteiger partial charge in [0.05, 0.1) is 0 Å². The van der Waals surface area contributed by atoms with Crippen molar-refractivity contribution in [1.29, 1.82) is 0 Å². The van der Waals surface area contributed by atoms with Gasteiger partial charge in [0, 0.05) is 13.1 Å². The molecule has 0 aromatic heterocycles. The molecule has 0 aliphatic heterocycles. The number of hydrogen-bond donors (Lipinski definition) is 0. The maximum Gasteiger partial charge on any atom is 0.286 e. The molecule has 3 nitrogen and oxygen atoms in total. The fourth-order valence-electron chi connectivity index (χ4n) is 1.51. The number of carbonyl (C=O) groups excluding carboxylic acids is 2. The minimum Gasteiger partial charge on any atom is -0.336 e. The summed E-state index contributed by atoms with van der Waals surface area (Å²) in [6.07, 6.45) is 6.95. The van der Waals surface area contributed by atoms with E-state index in [9.17, 15) is 9.59 Å². The normalized spacial score (nSPS) is 10.0. The predicted molar refractivity (Wildman–Crippen MR) is 61.7 cm³/mol. The summed E-state index contributed by atoms with van der Waals surface area (Å²) in [5.74, 6) is -0.359. The first kappa shape index (κ1) is 14.1. The lowest BCUT2D eigenvalue weighted by molar-refractivity contribution is -0.138. The quantitative estimate of drug-likeness (QED) is 0.335. The monoisotopic (exact) mass is 213 g/mol. The standard InChI is InChI=1S/C12H23NO2/c1-3-5-7-9-13(12(15)11-14)10-8-6-4-2/h11H,3-10H2,1-2H3. The Labute approximate surface area is 92.8 Å². The van der Waals surface area contributed by atoms with E-state index in [4.69, 9.17) is 0 Å². The highest BCUT2D eigenvalue weighted by Crippen LogP contribution is 2.02. The van der Waals surface area contributed by atoms with Crippen LogP contribution in [0, 0.1) is 0 Å². The van der Waals surface area contributed by atoms with Crippen molar-refractivity contribution in [2.24, 2.45) is 0 Å². The van der Waals surface area contributed by atoms with E-state index in [1.807, 2.05) is 0 Å². The molecule has 0 heterocycles. The van der Waals surface area contributed by atoms with E-state index in [2.05, 4.69) is 13.8 Å². The number of nitrogens with zero attached hydrogens (tertiary/aromatic N) is 1. The summed E-state index contributed by atoms with van der Waals surface area (Å²) in [5, 5.41) is 0. The second kappa shape index (κ2) is 9.69. The molecule has 0 radical (unpaired) electrons. The second-order valence-corrected chi connectivity index (χ2v) is 3.86. The zero-order chi connectivity index (χ0) is 11.5. The Morgan fingerprint density at radius 3 is 1.80 bits per heavy atom. The maximum atomic E-state index is 11.3. The average molecular weight is 213 g/mol. The molecule has 0 aliphatic rings. The Balaban J connectivity index is 3.84. The molecule has 0 saturated carbocycles. The Kier molecular flexibility index (Phi) is 9.13. The van der Waals surface area contributed by atoms with Crippen molar-refractivity contribution in [3.8, 4) is 0 Å². The molecule has 0 atom stereocenters. The Morgan fingerprint density at radius 1 is 1.00 bits per heavy atom. The summed E-state index contributed by atoms with van der Waals surface area (Å²) in [4.78, 5) is 23.4. The van der Waals surface area contributed by atoms with Crippen molar-refractivity contribution in [2.75, 3.05) is 13.1 Å². The number of rotatable bonds is 9. The third kappa shape index (κ3) is 7.11. The van der Waals surface area contributed by atoms with Gasteiger partial charge in [0.25, 0.3) is 5.91 Å². The maximum absolute atomic E-state index is 11.3. The molecule has 0 spiro atoms. The third-order valence-corrected chi connectivity index (χ3v) is 2.48. The summed E-state index contributed by atoms with van der Waals surface area (Å²) in [6.45, 7) is 5.72. The number of amides is 1. The topological polar surface area (TPSA) is 37.4 Å². The van der Waals surface area contributed by atoms with E-state index in [1.54, 1.807) is 4.90 Å². The van der Waals surface area contributed by atoms with Crippen molar-refractivity contribution in [3.63, 3.8) is 0 Å². The van der Waals surface area contributed by atoms with Gasteiger partial charge in [0.1, 0.15) is 0 Å². The van der Waals surface area contributed by atoms with Crippen LogP contribution in [-0.4, -0.2) is 30.2 Å². The zero-order valence-corrected chi connectivity index (χ0v) is 10.00. The molecule has 3 heteroatoms. The van der Waals surface area contributed by atoms with E-state index >= 15 is 0 Å². The highest BCUT2D eigenvalue weighted by molar-refractivity contribution is 6.23. The van der Waals surface area contributed by atoms with Crippen molar-refractivity contribution in [1.82, 2.24) is 4.90 Å². The Bertz CT molecular complexity index is 170. The first-order chi connectivity index (χ1) is 7.26. The third-order valence-electron chi connectivity index (χ3n) is 2.48. The highest BCUT2D eigenvalue weighted by atomic mass is 16.2. The molecule has 0 fully saturated rings. The summed E-state index contributed by atoms with van der Waals surface area (Å²) in [5.41, 5.74) is 0. The van der Waals surface area contributed by atoms with Crippen molar-refractivity contribution >= 4 is 12.2 Å². The van der Waals surface area contributed by atoms with Gasteiger partial charge in [-0.2, -0.15) is 0 Å². The van der Waals surface area contributed by atoms with Crippen LogP contribution in [0.4, 0.5) is 0 Å². The number of unbranched alkanes of at least 4 members (excludes halogenated alkanes) is 4. The van der Waals surface area contributed by atoms with Crippen LogP contribution in [0.1, 0.15) is 52.4 Å². The predicted octanol–water partition coefficient (Wildman–Crippen LogP) is 2.39. The smallest absolute Gasteiger partial charge is 0.286 e. The molecule has 0 saturated heterocycles. The molecule has 88 valence electrons. The summed E-state index contributed by atoms with van der Waals surface area (Å²) in [6, 6.07) is 0. The van der Waals surface area contributed by atoms with Crippen LogP contribution in [-0.2, 0) is 9.59 Å². The SMILES string of the molecule is CCCCCN(CCCCC)C(=O)C=O. The lowest BCUT2D eigenvalue weighted by Gasteiger charge is -2.19. The van der Waals surface area contributed by atoms with Crippen molar-refractivity contribution in [3.05, 3.63) is 0 Å². The van der Waals surface area contributed by atoms with Gasteiger partial charge in [-0.05, 0) is 12.8 Å². The molecular weight excluding hydrogens is 190 g/mol. The van der Waals surface area contributed by atoms with E-state index < -0.39 is 0 Å². The largest absolute Gasteiger partial charge is 0.336 e. The lowest BCUT2D eigenvalue weighted by atomic mass is 10.2. The first-order valence-electron chi connectivity index (χ1n) is 6.00. The molecule has 0 N–H and O–H groups in total. The molecule has 0 unspecified atom stereocenters. The molecule has 0 aromatic carbocycles.